The molecule has 0 aliphatic heterocycles. The van der Waals surface area contributed by atoms with Gasteiger partial charge in [0, 0.05) is 11.1 Å². The Morgan fingerprint density at radius 2 is 0.750 bits per heavy atom. The van der Waals surface area contributed by atoms with E-state index in [-0.39, 0.29) is 11.6 Å². The SMILES string of the molecule is CC(=O)c1c(C)cc(Oc2ccccc2)cc1C.CC(=O)c1c(C)cc(Oc2ccccc2)cc1C. The number of carbonyl (C=O) groups excluding carboxylic acids is 2. The van der Waals surface area contributed by atoms with Gasteiger partial charge < -0.3 is 9.47 Å². The van der Waals surface area contributed by atoms with E-state index in [1.165, 1.54) is 0 Å². The smallest absolute Gasteiger partial charge is 0.160 e. The van der Waals surface area contributed by atoms with Gasteiger partial charge in [-0.2, -0.15) is 0 Å². The lowest BCUT2D eigenvalue weighted by Gasteiger charge is -2.11. The van der Waals surface area contributed by atoms with Crippen LogP contribution in [0.5, 0.6) is 23.0 Å². The maximum atomic E-state index is 11.5. The van der Waals surface area contributed by atoms with Gasteiger partial charge in [-0.1, -0.05) is 36.4 Å². The molecule has 0 spiro atoms. The van der Waals surface area contributed by atoms with Crippen LogP contribution in [0.15, 0.2) is 84.9 Å². The fourth-order valence-electron chi connectivity index (χ4n) is 4.33. The summed E-state index contributed by atoms with van der Waals surface area (Å²) in [6.07, 6.45) is 0. The summed E-state index contributed by atoms with van der Waals surface area (Å²) in [5.74, 6) is 3.31. The number of ether oxygens (including phenoxy) is 2. The van der Waals surface area contributed by atoms with E-state index in [9.17, 15) is 9.59 Å². The summed E-state index contributed by atoms with van der Waals surface area (Å²) < 4.78 is 11.5. The Hall–Kier alpha value is -4.18. The normalized spacial score (nSPS) is 10.2. The largest absolute Gasteiger partial charge is 0.457 e. The summed E-state index contributed by atoms with van der Waals surface area (Å²) in [7, 11) is 0. The van der Waals surface area contributed by atoms with Crippen LogP contribution < -0.4 is 9.47 Å². The molecule has 0 N–H and O–H groups in total. The second kappa shape index (κ2) is 12.0. The summed E-state index contributed by atoms with van der Waals surface area (Å²) in [6, 6.07) is 26.8. The van der Waals surface area contributed by atoms with Gasteiger partial charge in [-0.3, -0.25) is 9.59 Å². The number of carbonyl (C=O) groups is 2. The number of Topliss-reactive ketones (excluding diaryl/α,β-unsaturated/α-hetero) is 2. The monoisotopic (exact) mass is 480 g/mol. The van der Waals surface area contributed by atoms with Crippen molar-refractivity contribution in [3.8, 4) is 23.0 Å². The molecule has 4 aromatic carbocycles. The first-order valence-corrected chi connectivity index (χ1v) is 11.9. The minimum absolute atomic E-state index is 0.0938. The van der Waals surface area contributed by atoms with Crippen molar-refractivity contribution in [2.24, 2.45) is 0 Å². The maximum absolute atomic E-state index is 11.5. The molecule has 0 aromatic heterocycles. The topological polar surface area (TPSA) is 52.6 Å². The van der Waals surface area contributed by atoms with Crippen LogP contribution in [0, 0.1) is 27.7 Å². The first kappa shape index (κ1) is 26.4. The van der Waals surface area contributed by atoms with Crippen LogP contribution in [0.1, 0.15) is 56.8 Å². The fraction of sp³-hybridized carbons (Fsp3) is 0.188. The minimum atomic E-state index is 0.0938. The molecule has 0 fully saturated rings. The van der Waals surface area contributed by atoms with E-state index in [0.717, 1.165) is 56.4 Å². The summed E-state index contributed by atoms with van der Waals surface area (Å²) >= 11 is 0. The van der Waals surface area contributed by atoms with E-state index in [1.54, 1.807) is 13.8 Å². The molecule has 0 bridgehead atoms. The first-order chi connectivity index (χ1) is 17.2. The second-order valence-electron chi connectivity index (χ2n) is 8.81. The van der Waals surface area contributed by atoms with Crippen molar-refractivity contribution >= 4 is 11.6 Å². The highest BCUT2D eigenvalue weighted by atomic mass is 16.5. The van der Waals surface area contributed by atoms with E-state index >= 15 is 0 Å². The molecule has 4 nitrogen and oxygen atoms in total. The predicted molar refractivity (Wildman–Crippen MR) is 145 cm³/mol. The van der Waals surface area contributed by atoms with Crippen LogP contribution in [0.4, 0.5) is 0 Å². The molecule has 4 rings (SSSR count). The number of hydrogen-bond donors (Lipinski definition) is 0. The van der Waals surface area contributed by atoms with E-state index in [2.05, 4.69) is 0 Å². The van der Waals surface area contributed by atoms with Crippen molar-refractivity contribution in [3.63, 3.8) is 0 Å². The first-order valence-electron chi connectivity index (χ1n) is 11.9. The van der Waals surface area contributed by atoms with Crippen LogP contribution in [0.3, 0.4) is 0 Å². The van der Waals surface area contributed by atoms with Crippen molar-refractivity contribution in [1.29, 1.82) is 0 Å². The van der Waals surface area contributed by atoms with Crippen molar-refractivity contribution in [2.75, 3.05) is 0 Å². The molecular weight excluding hydrogens is 448 g/mol. The lowest BCUT2D eigenvalue weighted by atomic mass is 9.99. The highest BCUT2D eigenvalue weighted by Crippen LogP contribution is 2.27. The Balaban J connectivity index is 0.000000201. The standard InChI is InChI=1S/2C16H16O2/c2*1-11-9-15(10-12(2)16(11)13(3)17)18-14-7-5-4-6-8-14/h2*4-10H,1-3H3. The Morgan fingerprint density at radius 3 is 1.00 bits per heavy atom. The van der Waals surface area contributed by atoms with Crippen LogP contribution >= 0.6 is 0 Å². The molecule has 4 heteroatoms. The van der Waals surface area contributed by atoms with Crippen molar-refractivity contribution in [1.82, 2.24) is 0 Å². The third kappa shape index (κ3) is 6.92. The van der Waals surface area contributed by atoms with E-state index in [0.29, 0.717) is 0 Å². The third-order valence-corrected chi connectivity index (χ3v) is 5.67. The van der Waals surface area contributed by atoms with Crippen LogP contribution in [-0.2, 0) is 0 Å². The van der Waals surface area contributed by atoms with E-state index in [4.69, 9.17) is 9.47 Å². The highest BCUT2D eigenvalue weighted by Gasteiger charge is 2.11. The summed E-state index contributed by atoms with van der Waals surface area (Å²) in [5, 5.41) is 0. The Labute approximate surface area is 213 Å². The average Bonchev–Trinajstić information content (AvgIpc) is 2.79. The zero-order valence-electron chi connectivity index (χ0n) is 21.7. The molecule has 0 radical (unpaired) electrons. The van der Waals surface area contributed by atoms with Gasteiger partial charge in [0.25, 0.3) is 0 Å². The molecule has 0 aliphatic carbocycles. The van der Waals surface area contributed by atoms with Crippen molar-refractivity contribution < 1.29 is 19.1 Å². The van der Waals surface area contributed by atoms with Gasteiger partial charge in [0.1, 0.15) is 23.0 Å². The zero-order chi connectivity index (χ0) is 26.2. The summed E-state index contributed by atoms with van der Waals surface area (Å²) in [6.45, 7) is 10.9. The van der Waals surface area contributed by atoms with Crippen LogP contribution in [0.2, 0.25) is 0 Å². The number of para-hydroxylation sites is 2. The Morgan fingerprint density at radius 1 is 0.472 bits per heavy atom. The molecule has 0 saturated carbocycles. The van der Waals surface area contributed by atoms with E-state index in [1.807, 2.05) is 113 Å². The van der Waals surface area contributed by atoms with Crippen molar-refractivity contribution in [3.05, 3.63) is 118 Å². The zero-order valence-corrected chi connectivity index (χ0v) is 21.7. The Kier molecular flexibility index (Phi) is 8.80. The lowest BCUT2D eigenvalue weighted by Crippen LogP contribution is -2.00. The van der Waals surface area contributed by atoms with Gasteiger partial charge in [0.15, 0.2) is 11.6 Å². The minimum Gasteiger partial charge on any atom is -0.457 e. The Bertz CT molecular complexity index is 1200. The summed E-state index contributed by atoms with van der Waals surface area (Å²) in [4.78, 5) is 23.0. The van der Waals surface area contributed by atoms with Gasteiger partial charge in [-0.15, -0.1) is 0 Å². The molecule has 0 heterocycles. The number of rotatable bonds is 6. The molecule has 0 atom stereocenters. The van der Waals surface area contributed by atoms with Gasteiger partial charge >= 0.3 is 0 Å². The molecule has 0 saturated heterocycles. The van der Waals surface area contributed by atoms with Gasteiger partial charge in [0.05, 0.1) is 0 Å². The van der Waals surface area contributed by atoms with Gasteiger partial charge in [-0.05, 0) is 112 Å². The molecule has 36 heavy (non-hydrogen) atoms. The van der Waals surface area contributed by atoms with E-state index < -0.39 is 0 Å². The molecular formula is C32H32O4. The number of hydrogen-bond acceptors (Lipinski definition) is 4. The molecule has 0 amide bonds. The molecule has 184 valence electrons. The highest BCUT2D eigenvalue weighted by molar-refractivity contribution is 5.97. The third-order valence-electron chi connectivity index (χ3n) is 5.67. The maximum Gasteiger partial charge on any atom is 0.160 e. The van der Waals surface area contributed by atoms with Crippen molar-refractivity contribution in [2.45, 2.75) is 41.5 Å². The van der Waals surface area contributed by atoms with Gasteiger partial charge in [0.2, 0.25) is 0 Å². The van der Waals surface area contributed by atoms with Crippen LogP contribution in [-0.4, -0.2) is 11.6 Å². The lowest BCUT2D eigenvalue weighted by molar-refractivity contribution is 0.100. The molecule has 0 unspecified atom stereocenters. The quantitative estimate of drug-likeness (QED) is 0.259. The summed E-state index contributed by atoms with van der Waals surface area (Å²) in [5.41, 5.74) is 5.38. The molecule has 4 aromatic rings. The molecule has 0 aliphatic rings. The fourth-order valence-corrected chi connectivity index (χ4v) is 4.33. The number of aryl methyl sites for hydroxylation is 4. The van der Waals surface area contributed by atoms with Crippen LogP contribution in [0.25, 0.3) is 0 Å². The number of ketones is 2. The van der Waals surface area contributed by atoms with Gasteiger partial charge in [-0.25, -0.2) is 0 Å². The number of benzene rings is 4. The predicted octanol–water partition coefficient (Wildman–Crippen LogP) is 8.60. The average molecular weight is 481 g/mol. The second-order valence-corrected chi connectivity index (χ2v) is 8.81.